The third kappa shape index (κ3) is 6.12. The summed E-state index contributed by atoms with van der Waals surface area (Å²) in [7, 11) is 0. The highest BCUT2D eigenvalue weighted by atomic mass is 35.5. The summed E-state index contributed by atoms with van der Waals surface area (Å²) < 4.78 is 0. The van der Waals surface area contributed by atoms with Gasteiger partial charge < -0.3 is 10.6 Å². The average molecular weight is 331 g/mol. The van der Waals surface area contributed by atoms with Crippen molar-refractivity contribution in [2.75, 3.05) is 11.9 Å². The lowest BCUT2D eigenvalue weighted by atomic mass is 10.1. The first-order valence-corrected chi connectivity index (χ1v) is 7.78. The summed E-state index contributed by atoms with van der Waals surface area (Å²) in [6.45, 7) is 2.05. The predicted molar refractivity (Wildman–Crippen MR) is 92.6 cm³/mol. The molecule has 0 aliphatic heterocycles. The highest BCUT2D eigenvalue weighted by Gasteiger charge is 2.04. The van der Waals surface area contributed by atoms with Crippen LogP contribution in [0.3, 0.4) is 0 Å². The Morgan fingerprint density at radius 1 is 0.957 bits per heavy atom. The highest BCUT2D eigenvalue weighted by Crippen LogP contribution is 2.11. The van der Waals surface area contributed by atoms with Crippen LogP contribution in [0.5, 0.6) is 0 Å². The van der Waals surface area contributed by atoms with Crippen LogP contribution in [0.2, 0.25) is 5.02 Å². The summed E-state index contributed by atoms with van der Waals surface area (Å²) >= 11 is 5.83. The van der Waals surface area contributed by atoms with Gasteiger partial charge in [0, 0.05) is 24.2 Å². The Bertz CT molecular complexity index is 666. The normalized spacial score (nSPS) is 10.2. The summed E-state index contributed by atoms with van der Waals surface area (Å²) in [5.74, 6) is -0.135. The molecule has 0 bridgehead atoms. The molecule has 0 radical (unpaired) electrons. The van der Waals surface area contributed by atoms with E-state index in [2.05, 4.69) is 10.6 Å². The number of halogens is 1. The molecule has 2 aromatic rings. The first-order chi connectivity index (χ1) is 11.0. The summed E-state index contributed by atoms with van der Waals surface area (Å²) in [6.07, 6.45) is 1.09. The van der Waals surface area contributed by atoms with Gasteiger partial charge in [-0.25, -0.2) is 0 Å². The molecule has 0 saturated heterocycles. The van der Waals surface area contributed by atoms with Gasteiger partial charge >= 0.3 is 0 Å². The predicted octanol–water partition coefficient (Wildman–Crippen LogP) is 3.20. The van der Waals surface area contributed by atoms with Crippen molar-refractivity contribution in [1.82, 2.24) is 5.32 Å². The van der Waals surface area contributed by atoms with Crippen LogP contribution in [-0.2, 0) is 22.4 Å². The average Bonchev–Trinajstić information content (AvgIpc) is 2.51. The molecule has 120 valence electrons. The van der Waals surface area contributed by atoms with Crippen LogP contribution in [0, 0.1) is 0 Å². The van der Waals surface area contributed by atoms with E-state index in [1.807, 2.05) is 36.4 Å². The van der Waals surface area contributed by atoms with Crippen LogP contribution >= 0.6 is 11.6 Å². The maximum atomic E-state index is 11.9. The van der Waals surface area contributed by atoms with E-state index in [4.69, 9.17) is 11.6 Å². The molecule has 0 aromatic heterocycles. The molecule has 23 heavy (non-hydrogen) atoms. The Hall–Kier alpha value is -2.33. The van der Waals surface area contributed by atoms with Crippen LogP contribution in [-0.4, -0.2) is 18.4 Å². The first-order valence-electron chi connectivity index (χ1n) is 7.40. The summed E-state index contributed by atoms with van der Waals surface area (Å²) in [5, 5.41) is 6.30. The van der Waals surface area contributed by atoms with Gasteiger partial charge in [-0.15, -0.1) is 0 Å². The second kappa shape index (κ2) is 8.34. The molecule has 2 aromatic carbocycles. The fourth-order valence-electron chi connectivity index (χ4n) is 2.15. The fourth-order valence-corrected chi connectivity index (χ4v) is 2.28. The molecule has 2 N–H and O–H groups in total. The Kier molecular flexibility index (Phi) is 6.18. The van der Waals surface area contributed by atoms with E-state index in [-0.39, 0.29) is 11.8 Å². The standard InChI is InChI=1S/C18H19ClN2O2/c1-13(22)21-17-8-4-15(5-9-17)12-18(23)20-11-10-14-2-6-16(19)7-3-14/h2-9H,10-12H2,1H3,(H,20,23)(H,21,22). The number of benzene rings is 2. The van der Waals surface area contributed by atoms with Crippen molar-refractivity contribution < 1.29 is 9.59 Å². The van der Waals surface area contributed by atoms with Crippen molar-refractivity contribution >= 4 is 29.1 Å². The second-order valence-corrected chi connectivity index (χ2v) is 5.72. The minimum atomic E-state index is -0.113. The molecule has 0 fully saturated rings. The molecular formula is C18H19ClN2O2. The number of carbonyl (C=O) groups excluding carboxylic acids is 2. The molecule has 4 nitrogen and oxygen atoms in total. The molecule has 0 heterocycles. The molecular weight excluding hydrogens is 312 g/mol. The summed E-state index contributed by atoms with van der Waals surface area (Å²) in [4.78, 5) is 22.9. The van der Waals surface area contributed by atoms with Gasteiger partial charge in [0.25, 0.3) is 0 Å². The number of rotatable bonds is 6. The van der Waals surface area contributed by atoms with Gasteiger partial charge in [0.2, 0.25) is 11.8 Å². The van der Waals surface area contributed by atoms with Gasteiger partial charge in [0.05, 0.1) is 6.42 Å². The van der Waals surface area contributed by atoms with E-state index >= 15 is 0 Å². The van der Waals surface area contributed by atoms with Crippen molar-refractivity contribution in [1.29, 1.82) is 0 Å². The largest absolute Gasteiger partial charge is 0.355 e. The minimum absolute atomic E-state index is 0.0220. The number of nitrogens with one attached hydrogen (secondary N) is 2. The number of anilines is 1. The van der Waals surface area contributed by atoms with Crippen LogP contribution in [0.1, 0.15) is 18.1 Å². The number of amides is 2. The molecule has 0 spiro atoms. The Balaban J connectivity index is 1.76. The first kappa shape index (κ1) is 17.0. The zero-order chi connectivity index (χ0) is 16.7. The Morgan fingerprint density at radius 3 is 2.17 bits per heavy atom. The van der Waals surface area contributed by atoms with Crippen molar-refractivity contribution in [3.8, 4) is 0 Å². The lowest BCUT2D eigenvalue weighted by molar-refractivity contribution is -0.120. The SMILES string of the molecule is CC(=O)Nc1ccc(CC(=O)NCCc2ccc(Cl)cc2)cc1. The molecule has 2 rings (SSSR count). The zero-order valence-corrected chi connectivity index (χ0v) is 13.7. The van der Waals surface area contributed by atoms with Crippen LogP contribution in [0.15, 0.2) is 48.5 Å². The van der Waals surface area contributed by atoms with E-state index < -0.39 is 0 Å². The van der Waals surface area contributed by atoms with E-state index in [0.29, 0.717) is 18.0 Å². The summed E-state index contributed by atoms with van der Waals surface area (Å²) in [5.41, 5.74) is 2.77. The van der Waals surface area contributed by atoms with Crippen LogP contribution < -0.4 is 10.6 Å². The Labute approximate surface area is 140 Å². The molecule has 2 amide bonds. The fraction of sp³-hybridized carbons (Fsp3) is 0.222. The van der Waals surface area contributed by atoms with Gasteiger partial charge in [-0.1, -0.05) is 35.9 Å². The number of hydrogen-bond donors (Lipinski definition) is 2. The second-order valence-electron chi connectivity index (χ2n) is 5.28. The van der Waals surface area contributed by atoms with Gasteiger partial charge in [-0.05, 0) is 41.8 Å². The van der Waals surface area contributed by atoms with E-state index in [9.17, 15) is 9.59 Å². The smallest absolute Gasteiger partial charge is 0.224 e. The van der Waals surface area contributed by atoms with E-state index in [1.54, 1.807) is 12.1 Å². The van der Waals surface area contributed by atoms with E-state index in [1.165, 1.54) is 6.92 Å². The molecule has 0 saturated carbocycles. The molecule has 0 aliphatic carbocycles. The Morgan fingerprint density at radius 2 is 1.57 bits per heavy atom. The van der Waals surface area contributed by atoms with E-state index in [0.717, 1.165) is 23.2 Å². The lowest BCUT2D eigenvalue weighted by Crippen LogP contribution is -2.27. The minimum Gasteiger partial charge on any atom is -0.355 e. The molecule has 5 heteroatoms. The highest BCUT2D eigenvalue weighted by molar-refractivity contribution is 6.30. The quantitative estimate of drug-likeness (QED) is 0.854. The maximum Gasteiger partial charge on any atom is 0.224 e. The lowest BCUT2D eigenvalue weighted by Gasteiger charge is -2.07. The number of carbonyl (C=O) groups is 2. The third-order valence-electron chi connectivity index (χ3n) is 3.29. The molecule has 0 aliphatic rings. The zero-order valence-electron chi connectivity index (χ0n) is 12.9. The molecule has 0 atom stereocenters. The van der Waals surface area contributed by atoms with Crippen molar-refractivity contribution in [2.45, 2.75) is 19.8 Å². The summed E-state index contributed by atoms with van der Waals surface area (Å²) in [6, 6.07) is 14.8. The van der Waals surface area contributed by atoms with Crippen molar-refractivity contribution in [2.24, 2.45) is 0 Å². The number of hydrogen-bond acceptors (Lipinski definition) is 2. The monoisotopic (exact) mass is 330 g/mol. The topological polar surface area (TPSA) is 58.2 Å². The van der Waals surface area contributed by atoms with Gasteiger partial charge in [0.15, 0.2) is 0 Å². The van der Waals surface area contributed by atoms with Gasteiger partial charge in [0.1, 0.15) is 0 Å². The van der Waals surface area contributed by atoms with Crippen LogP contribution in [0.25, 0.3) is 0 Å². The maximum absolute atomic E-state index is 11.9. The van der Waals surface area contributed by atoms with Crippen molar-refractivity contribution in [3.63, 3.8) is 0 Å². The van der Waals surface area contributed by atoms with Gasteiger partial charge in [-0.3, -0.25) is 9.59 Å². The van der Waals surface area contributed by atoms with Crippen LogP contribution in [0.4, 0.5) is 5.69 Å². The third-order valence-corrected chi connectivity index (χ3v) is 3.54. The van der Waals surface area contributed by atoms with Gasteiger partial charge in [-0.2, -0.15) is 0 Å². The van der Waals surface area contributed by atoms with Crippen molar-refractivity contribution in [3.05, 3.63) is 64.7 Å². The molecule has 0 unspecified atom stereocenters.